The van der Waals surface area contributed by atoms with E-state index in [0.717, 1.165) is 15.7 Å². The summed E-state index contributed by atoms with van der Waals surface area (Å²) in [7, 11) is 0. The number of hydrogen-bond donors (Lipinski definition) is 2. The first-order valence-electron chi connectivity index (χ1n) is 5.78. The van der Waals surface area contributed by atoms with Crippen LogP contribution in [-0.2, 0) is 0 Å². The van der Waals surface area contributed by atoms with Gasteiger partial charge in [-0.2, -0.15) is 0 Å². The van der Waals surface area contributed by atoms with Crippen molar-refractivity contribution in [2.45, 2.75) is 6.04 Å². The summed E-state index contributed by atoms with van der Waals surface area (Å²) >= 11 is 15.5. The van der Waals surface area contributed by atoms with Gasteiger partial charge in [-0.3, -0.25) is 0 Å². The van der Waals surface area contributed by atoms with Crippen molar-refractivity contribution in [1.29, 1.82) is 0 Å². The van der Waals surface area contributed by atoms with Gasteiger partial charge in [-0.25, -0.2) is 0 Å². The number of rotatable bonds is 4. The molecule has 5 heteroatoms. The molecule has 3 N–H and O–H groups in total. The van der Waals surface area contributed by atoms with Gasteiger partial charge in [0.05, 0.1) is 21.8 Å². The molecule has 0 aliphatic carbocycles. The molecule has 1 unspecified atom stereocenters. The van der Waals surface area contributed by atoms with Crippen molar-refractivity contribution < 1.29 is 0 Å². The van der Waals surface area contributed by atoms with Crippen LogP contribution in [0.3, 0.4) is 0 Å². The van der Waals surface area contributed by atoms with Gasteiger partial charge in [-0.05, 0) is 45.8 Å². The van der Waals surface area contributed by atoms with Crippen molar-refractivity contribution in [2.75, 3.05) is 11.9 Å². The van der Waals surface area contributed by atoms with E-state index in [0.29, 0.717) is 16.6 Å². The average Bonchev–Trinajstić information content (AvgIpc) is 2.41. The van der Waals surface area contributed by atoms with Crippen molar-refractivity contribution >= 4 is 44.8 Å². The van der Waals surface area contributed by atoms with E-state index in [1.807, 2.05) is 42.5 Å². The summed E-state index contributed by atoms with van der Waals surface area (Å²) in [6.45, 7) is 0.458. The number of nitrogens with one attached hydrogen (secondary N) is 1. The smallest absolute Gasteiger partial charge is 0.0637 e. The molecular weight excluding hydrogens is 347 g/mol. The molecule has 0 aliphatic rings. The zero-order chi connectivity index (χ0) is 13.8. The minimum atomic E-state index is -0.0199. The Labute approximate surface area is 131 Å². The molecule has 2 nitrogen and oxygen atoms in total. The topological polar surface area (TPSA) is 38.0 Å². The third-order valence-electron chi connectivity index (χ3n) is 2.79. The van der Waals surface area contributed by atoms with Crippen molar-refractivity contribution in [1.82, 2.24) is 0 Å². The average molecular weight is 360 g/mol. The second-order valence-corrected chi connectivity index (χ2v) is 5.75. The van der Waals surface area contributed by atoms with E-state index in [-0.39, 0.29) is 6.04 Å². The normalized spacial score (nSPS) is 12.2. The Hall–Kier alpha value is -0.740. The Morgan fingerprint density at radius 2 is 1.84 bits per heavy atom. The first-order chi connectivity index (χ1) is 9.11. The summed E-state index contributed by atoms with van der Waals surface area (Å²) in [6.07, 6.45) is 0. The lowest BCUT2D eigenvalue weighted by Gasteiger charge is -2.20. The molecule has 0 radical (unpaired) electrons. The van der Waals surface area contributed by atoms with Crippen molar-refractivity contribution in [3.8, 4) is 0 Å². The van der Waals surface area contributed by atoms with Gasteiger partial charge >= 0.3 is 0 Å². The Morgan fingerprint density at radius 1 is 1.11 bits per heavy atom. The van der Waals surface area contributed by atoms with E-state index < -0.39 is 0 Å². The zero-order valence-electron chi connectivity index (χ0n) is 10.0. The van der Waals surface area contributed by atoms with Gasteiger partial charge in [0.25, 0.3) is 0 Å². The molecular formula is C14H13BrCl2N2. The summed E-state index contributed by atoms with van der Waals surface area (Å²) in [5, 5.41) is 4.69. The molecule has 1 atom stereocenters. The monoisotopic (exact) mass is 358 g/mol. The molecule has 0 aliphatic heterocycles. The summed E-state index contributed by atoms with van der Waals surface area (Å²) < 4.78 is 0.853. The van der Waals surface area contributed by atoms with E-state index in [9.17, 15) is 0 Å². The highest BCUT2D eigenvalue weighted by molar-refractivity contribution is 9.10. The number of hydrogen-bond acceptors (Lipinski definition) is 2. The molecule has 2 rings (SSSR count). The number of benzene rings is 2. The lowest BCUT2D eigenvalue weighted by atomic mass is 10.1. The fourth-order valence-electron chi connectivity index (χ4n) is 1.77. The molecule has 0 fully saturated rings. The van der Waals surface area contributed by atoms with E-state index >= 15 is 0 Å². The number of para-hydroxylation sites is 1. The van der Waals surface area contributed by atoms with Crippen LogP contribution >= 0.6 is 39.1 Å². The van der Waals surface area contributed by atoms with Crippen LogP contribution in [0.2, 0.25) is 10.0 Å². The van der Waals surface area contributed by atoms with Gasteiger partial charge < -0.3 is 11.1 Å². The maximum Gasteiger partial charge on any atom is 0.0637 e. The van der Waals surface area contributed by atoms with Gasteiger partial charge in [-0.15, -0.1) is 0 Å². The largest absolute Gasteiger partial charge is 0.376 e. The molecule has 19 heavy (non-hydrogen) atoms. The number of anilines is 1. The Bertz CT molecular complexity index is 575. The second-order valence-electron chi connectivity index (χ2n) is 4.09. The van der Waals surface area contributed by atoms with Crippen molar-refractivity contribution in [2.24, 2.45) is 5.73 Å². The van der Waals surface area contributed by atoms with Gasteiger partial charge in [0.1, 0.15) is 0 Å². The van der Waals surface area contributed by atoms with Crippen LogP contribution < -0.4 is 11.1 Å². The summed E-state index contributed by atoms with van der Waals surface area (Å²) in [5.74, 6) is 0. The number of halogens is 3. The maximum atomic E-state index is 6.14. The van der Waals surface area contributed by atoms with Crippen LogP contribution in [-0.4, -0.2) is 6.54 Å². The standard InChI is InChI=1S/C14H13BrCl2N2/c15-10-7-9(5-6-11(10)16)14(8-18)19-13-4-2-1-3-12(13)17/h1-7,14,19H,8,18H2. The molecule has 0 heterocycles. The highest BCUT2D eigenvalue weighted by atomic mass is 79.9. The first kappa shape index (κ1) is 14.7. The highest BCUT2D eigenvalue weighted by Gasteiger charge is 2.12. The fourth-order valence-corrected chi connectivity index (χ4v) is 2.48. The van der Waals surface area contributed by atoms with Gasteiger partial charge in [0.2, 0.25) is 0 Å². The van der Waals surface area contributed by atoms with E-state index in [4.69, 9.17) is 28.9 Å². The van der Waals surface area contributed by atoms with Crippen LogP contribution in [0.5, 0.6) is 0 Å². The Kier molecular flexibility index (Phi) is 5.11. The molecule has 0 saturated carbocycles. The van der Waals surface area contributed by atoms with Crippen LogP contribution in [0.1, 0.15) is 11.6 Å². The van der Waals surface area contributed by atoms with E-state index in [1.54, 1.807) is 0 Å². The molecule has 0 bridgehead atoms. The van der Waals surface area contributed by atoms with Crippen molar-refractivity contribution in [3.63, 3.8) is 0 Å². The molecule has 2 aromatic carbocycles. The van der Waals surface area contributed by atoms with E-state index in [2.05, 4.69) is 21.2 Å². The van der Waals surface area contributed by atoms with Crippen LogP contribution in [0.15, 0.2) is 46.9 Å². The predicted molar refractivity (Wildman–Crippen MR) is 86.0 cm³/mol. The number of nitrogens with two attached hydrogens (primary N) is 1. The van der Waals surface area contributed by atoms with Crippen LogP contribution in [0.4, 0.5) is 5.69 Å². The minimum absolute atomic E-state index is 0.0199. The third-order valence-corrected chi connectivity index (χ3v) is 4.33. The predicted octanol–water partition coefficient (Wildman–Crippen LogP) is 4.87. The molecule has 0 saturated heterocycles. The summed E-state index contributed by atoms with van der Waals surface area (Å²) in [5.41, 5.74) is 7.76. The molecule has 0 amide bonds. The van der Waals surface area contributed by atoms with Crippen molar-refractivity contribution in [3.05, 3.63) is 62.5 Å². The quantitative estimate of drug-likeness (QED) is 0.817. The van der Waals surface area contributed by atoms with Gasteiger partial charge in [0, 0.05) is 11.0 Å². The molecule has 2 aromatic rings. The molecule has 0 spiro atoms. The molecule has 100 valence electrons. The second kappa shape index (κ2) is 6.62. The lowest BCUT2D eigenvalue weighted by molar-refractivity contribution is 0.789. The molecule has 0 aromatic heterocycles. The first-order valence-corrected chi connectivity index (χ1v) is 7.33. The lowest BCUT2D eigenvalue weighted by Crippen LogP contribution is -2.20. The van der Waals surface area contributed by atoms with Crippen LogP contribution in [0.25, 0.3) is 0 Å². The SMILES string of the molecule is NCC(Nc1ccccc1Cl)c1ccc(Cl)c(Br)c1. The maximum absolute atomic E-state index is 6.14. The van der Waals surface area contributed by atoms with Gasteiger partial charge in [-0.1, -0.05) is 41.4 Å². The Morgan fingerprint density at radius 3 is 2.47 bits per heavy atom. The van der Waals surface area contributed by atoms with E-state index in [1.165, 1.54) is 0 Å². The third kappa shape index (κ3) is 3.63. The fraction of sp³-hybridized carbons (Fsp3) is 0.143. The highest BCUT2D eigenvalue weighted by Crippen LogP contribution is 2.29. The Balaban J connectivity index is 2.25. The zero-order valence-corrected chi connectivity index (χ0v) is 13.1. The minimum Gasteiger partial charge on any atom is -0.376 e. The summed E-state index contributed by atoms with van der Waals surface area (Å²) in [6, 6.07) is 13.3. The summed E-state index contributed by atoms with van der Waals surface area (Å²) in [4.78, 5) is 0. The van der Waals surface area contributed by atoms with Crippen LogP contribution in [0, 0.1) is 0 Å². The van der Waals surface area contributed by atoms with Gasteiger partial charge in [0.15, 0.2) is 0 Å².